The van der Waals surface area contributed by atoms with E-state index in [4.69, 9.17) is 32.7 Å². The molecule has 3 nitrogen and oxygen atoms in total. The van der Waals surface area contributed by atoms with Crippen molar-refractivity contribution in [1.82, 2.24) is 0 Å². The molecule has 112 valence electrons. The number of benzene rings is 2. The third-order valence-electron chi connectivity index (χ3n) is 3.10. The van der Waals surface area contributed by atoms with Crippen LogP contribution in [0, 0.1) is 6.92 Å². The first-order valence-corrected chi connectivity index (χ1v) is 7.21. The molecule has 0 amide bonds. The Kier molecular flexibility index (Phi) is 5.21. The number of anilines is 1. The van der Waals surface area contributed by atoms with Crippen molar-refractivity contribution in [3.63, 3.8) is 0 Å². The quantitative estimate of drug-likeness (QED) is 0.845. The van der Waals surface area contributed by atoms with Gasteiger partial charge >= 0.3 is 0 Å². The second kappa shape index (κ2) is 6.92. The third kappa shape index (κ3) is 3.74. The Hall–Kier alpha value is -1.58. The second-order valence-corrected chi connectivity index (χ2v) is 5.46. The Morgan fingerprint density at radius 1 is 1.00 bits per heavy atom. The van der Waals surface area contributed by atoms with Crippen LogP contribution in [0.25, 0.3) is 0 Å². The summed E-state index contributed by atoms with van der Waals surface area (Å²) < 4.78 is 10.5. The van der Waals surface area contributed by atoms with Crippen molar-refractivity contribution >= 4 is 28.9 Å². The molecule has 5 heteroatoms. The molecule has 0 aliphatic rings. The van der Waals surface area contributed by atoms with Gasteiger partial charge in [-0.25, -0.2) is 0 Å². The lowest BCUT2D eigenvalue weighted by atomic mass is 10.2. The van der Waals surface area contributed by atoms with E-state index in [2.05, 4.69) is 5.32 Å². The van der Waals surface area contributed by atoms with Crippen LogP contribution in [-0.2, 0) is 6.54 Å². The molecule has 0 unspecified atom stereocenters. The molecule has 2 aromatic rings. The SMILES string of the molecule is COc1cc(CNc2ccc(C)cc2Cl)cc(Cl)c1OC. The maximum absolute atomic E-state index is 6.20. The van der Waals surface area contributed by atoms with Crippen LogP contribution in [-0.4, -0.2) is 14.2 Å². The fraction of sp³-hybridized carbons (Fsp3) is 0.250. The number of nitrogens with one attached hydrogen (secondary N) is 1. The zero-order chi connectivity index (χ0) is 15.4. The van der Waals surface area contributed by atoms with E-state index in [-0.39, 0.29) is 0 Å². The van der Waals surface area contributed by atoms with Gasteiger partial charge in [0.1, 0.15) is 0 Å². The molecule has 0 radical (unpaired) electrons. The second-order valence-electron chi connectivity index (χ2n) is 4.65. The van der Waals surface area contributed by atoms with E-state index in [1.54, 1.807) is 14.2 Å². The first-order valence-electron chi connectivity index (χ1n) is 6.45. The Morgan fingerprint density at radius 3 is 2.38 bits per heavy atom. The van der Waals surface area contributed by atoms with E-state index in [9.17, 15) is 0 Å². The van der Waals surface area contributed by atoms with Gasteiger partial charge in [-0.3, -0.25) is 0 Å². The summed E-state index contributed by atoms with van der Waals surface area (Å²) in [6.07, 6.45) is 0. The highest BCUT2D eigenvalue weighted by atomic mass is 35.5. The van der Waals surface area contributed by atoms with Crippen molar-refractivity contribution in [3.8, 4) is 11.5 Å². The minimum Gasteiger partial charge on any atom is -0.493 e. The molecule has 0 aliphatic carbocycles. The Labute approximate surface area is 134 Å². The van der Waals surface area contributed by atoms with E-state index < -0.39 is 0 Å². The smallest absolute Gasteiger partial charge is 0.179 e. The monoisotopic (exact) mass is 325 g/mol. The van der Waals surface area contributed by atoms with Gasteiger partial charge in [0.15, 0.2) is 11.5 Å². The number of aryl methyl sites for hydroxylation is 1. The van der Waals surface area contributed by atoms with Crippen molar-refractivity contribution in [2.45, 2.75) is 13.5 Å². The van der Waals surface area contributed by atoms with Crippen molar-refractivity contribution in [3.05, 3.63) is 51.5 Å². The largest absolute Gasteiger partial charge is 0.493 e. The predicted molar refractivity (Wildman–Crippen MR) is 88.1 cm³/mol. The molecule has 1 N–H and O–H groups in total. The molecule has 0 saturated carbocycles. The average Bonchev–Trinajstić information content (AvgIpc) is 2.45. The van der Waals surface area contributed by atoms with Gasteiger partial charge in [0.25, 0.3) is 0 Å². The van der Waals surface area contributed by atoms with Crippen LogP contribution in [0.4, 0.5) is 5.69 Å². The lowest BCUT2D eigenvalue weighted by Crippen LogP contribution is -2.01. The van der Waals surface area contributed by atoms with E-state index >= 15 is 0 Å². The highest BCUT2D eigenvalue weighted by Crippen LogP contribution is 2.36. The molecule has 0 heterocycles. The number of ether oxygens (including phenoxy) is 2. The lowest BCUT2D eigenvalue weighted by Gasteiger charge is -2.13. The molecule has 21 heavy (non-hydrogen) atoms. The molecule has 0 spiro atoms. The average molecular weight is 326 g/mol. The normalized spacial score (nSPS) is 10.3. The number of hydrogen-bond acceptors (Lipinski definition) is 3. The zero-order valence-electron chi connectivity index (χ0n) is 12.2. The van der Waals surface area contributed by atoms with Crippen LogP contribution in [0.3, 0.4) is 0 Å². The molecule has 0 atom stereocenters. The molecule has 0 fully saturated rings. The minimum absolute atomic E-state index is 0.517. The van der Waals surface area contributed by atoms with Gasteiger partial charge in [-0.2, -0.15) is 0 Å². The summed E-state index contributed by atoms with van der Waals surface area (Å²) in [5.74, 6) is 1.15. The van der Waals surface area contributed by atoms with Gasteiger partial charge in [-0.1, -0.05) is 29.3 Å². The summed E-state index contributed by atoms with van der Waals surface area (Å²) in [5, 5.41) is 4.50. The minimum atomic E-state index is 0.517. The van der Waals surface area contributed by atoms with Gasteiger partial charge in [0.05, 0.1) is 30.0 Å². The van der Waals surface area contributed by atoms with Crippen LogP contribution in [0.1, 0.15) is 11.1 Å². The fourth-order valence-corrected chi connectivity index (χ4v) is 2.65. The summed E-state index contributed by atoms with van der Waals surface area (Å²) in [4.78, 5) is 0. The molecular formula is C16H17Cl2NO2. The van der Waals surface area contributed by atoms with E-state index in [0.717, 1.165) is 16.8 Å². The van der Waals surface area contributed by atoms with Crippen molar-refractivity contribution in [2.75, 3.05) is 19.5 Å². The standard InChI is InChI=1S/C16H17Cl2NO2/c1-10-4-5-14(12(17)6-10)19-9-11-7-13(18)16(21-3)15(8-11)20-2/h4-8,19H,9H2,1-3H3. The van der Waals surface area contributed by atoms with Crippen molar-refractivity contribution < 1.29 is 9.47 Å². The summed E-state index contributed by atoms with van der Waals surface area (Å²) in [6, 6.07) is 9.62. The van der Waals surface area contributed by atoms with Crippen LogP contribution >= 0.6 is 23.2 Å². The number of rotatable bonds is 5. The first kappa shape index (κ1) is 15.8. The molecule has 0 bridgehead atoms. The molecule has 0 aromatic heterocycles. The van der Waals surface area contributed by atoms with Gasteiger partial charge in [0.2, 0.25) is 0 Å². The third-order valence-corrected chi connectivity index (χ3v) is 3.69. The maximum Gasteiger partial charge on any atom is 0.179 e. The summed E-state index contributed by atoms with van der Waals surface area (Å²) in [7, 11) is 3.15. The highest BCUT2D eigenvalue weighted by molar-refractivity contribution is 6.33. The van der Waals surface area contributed by atoms with E-state index in [0.29, 0.717) is 28.1 Å². The van der Waals surface area contributed by atoms with Gasteiger partial charge in [-0.15, -0.1) is 0 Å². The number of halogens is 2. The Balaban J connectivity index is 2.18. The molecule has 0 saturated heterocycles. The molecular weight excluding hydrogens is 309 g/mol. The van der Waals surface area contributed by atoms with Crippen LogP contribution in [0.5, 0.6) is 11.5 Å². The summed E-state index contributed by atoms with van der Waals surface area (Å²) >= 11 is 12.4. The number of hydrogen-bond donors (Lipinski definition) is 1. The van der Waals surface area contributed by atoms with Crippen molar-refractivity contribution in [1.29, 1.82) is 0 Å². The summed E-state index contributed by atoms with van der Waals surface area (Å²) in [6.45, 7) is 2.59. The van der Waals surface area contributed by atoms with Crippen LogP contribution in [0.15, 0.2) is 30.3 Å². The Morgan fingerprint density at radius 2 is 1.76 bits per heavy atom. The fourth-order valence-electron chi connectivity index (χ4n) is 2.03. The predicted octanol–water partition coefficient (Wildman–Crippen LogP) is 4.93. The Bertz CT molecular complexity index is 644. The molecule has 2 rings (SSSR count). The first-order chi connectivity index (χ1) is 10.0. The highest BCUT2D eigenvalue weighted by Gasteiger charge is 2.11. The number of methoxy groups -OCH3 is 2. The topological polar surface area (TPSA) is 30.5 Å². The van der Waals surface area contributed by atoms with Gasteiger partial charge in [0, 0.05) is 6.54 Å². The van der Waals surface area contributed by atoms with Crippen molar-refractivity contribution in [2.24, 2.45) is 0 Å². The van der Waals surface area contributed by atoms with Crippen LogP contribution < -0.4 is 14.8 Å². The summed E-state index contributed by atoms with van der Waals surface area (Å²) in [5.41, 5.74) is 2.99. The molecule has 0 aliphatic heterocycles. The van der Waals surface area contributed by atoms with E-state index in [1.165, 1.54) is 0 Å². The maximum atomic E-state index is 6.20. The van der Waals surface area contributed by atoms with Gasteiger partial charge in [-0.05, 0) is 42.3 Å². The molecule has 2 aromatic carbocycles. The zero-order valence-corrected chi connectivity index (χ0v) is 13.7. The van der Waals surface area contributed by atoms with Gasteiger partial charge < -0.3 is 14.8 Å². The lowest BCUT2D eigenvalue weighted by molar-refractivity contribution is 0.355. The van der Waals surface area contributed by atoms with E-state index in [1.807, 2.05) is 37.3 Å². The van der Waals surface area contributed by atoms with Crippen LogP contribution in [0.2, 0.25) is 10.0 Å².